The van der Waals surface area contributed by atoms with Gasteiger partial charge < -0.3 is 5.32 Å². The predicted octanol–water partition coefficient (Wildman–Crippen LogP) is 4.76. The van der Waals surface area contributed by atoms with Crippen LogP contribution < -0.4 is 5.32 Å². The van der Waals surface area contributed by atoms with Gasteiger partial charge in [0.2, 0.25) is 5.91 Å². The molecule has 1 atom stereocenters. The van der Waals surface area contributed by atoms with Crippen molar-refractivity contribution in [3.8, 4) is 10.6 Å². The smallest absolute Gasteiger partial charge is 0.227 e. The van der Waals surface area contributed by atoms with E-state index in [1.54, 1.807) is 35.6 Å². The molecule has 4 nitrogen and oxygen atoms in total. The van der Waals surface area contributed by atoms with E-state index >= 15 is 0 Å². The second-order valence-corrected chi connectivity index (χ2v) is 7.90. The van der Waals surface area contributed by atoms with E-state index in [0.29, 0.717) is 5.56 Å². The lowest BCUT2D eigenvalue weighted by molar-refractivity contribution is -0.120. The molecule has 1 aliphatic carbocycles. The topological polar surface area (TPSA) is 59.1 Å². The maximum Gasteiger partial charge on any atom is 0.227 e. The second-order valence-electron chi connectivity index (χ2n) is 6.82. The van der Waals surface area contributed by atoms with Crippen LogP contribution in [0.15, 0.2) is 54.6 Å². The molecule has 1 N–H and O–H groups in total. The first-order valence-electron chi connectivity index (χ1n) is 9.06. The zero-order valence-electron chi connectivity index (χ0n) is 15.1. The van der Waals surface area contributed by atoms with E-state index < -0.39 is 0 Å². The molecule has 1 amide bonds. The van der Waals surface area contributed by atoms with Crippen LogP contribution in [0.25, 0.3) is 10.6 Å². The van der Waals surface area contributed by atoms with Gasteiger partial charge >= 0.3 is 0 Å². The molecule has 136 valence electrons. The molecule has 27 heavy (non-hydrogen) atoms. The maximum absolute atomic E-state index is 12.7. The van der Waals surface area contributed by atoms with Crippen LogP contribution in [0, 0.1) is 5.92 Å². The first-order chi connectivity index (χ1) is 13.1. The predicted molar refractivity (Wildman–Crippen MR) is 108 cm³/mol. The molecule has 0 saturated heterocycles. The summed E-state index contributed by atoms with van der Waals surface area (Å²) in [7, 11) is 0. The van der Waals surface area contributed by atoms with Crippen LogP contribution in [0.4, 0.5) is 5.69 Å². The molecular formula is C22H20N2O2S. The third kappa shape index (κ3) is 3.83. The standard InChI is InChI=1S/C22H20N2O2S/c1-14(25)15-7-10-18(11-8-15)23-21(26)17-9-12-19-20(13-17)27-22(24-19)16-5-3-2-4-6-16/h2-8,10-11,17H,9,12-13H2,1H3,(H,23,26). The summed E-state index contributed by atoms with van der Waals surface area (Å²) in [6.45, 7) is 1.53. The van der Waals surface area contributed by atoms with Crippen LogP contribution in [0.1, 0.15) is 34.3 Å². The van der Waals surface area contributed by atoms with Crippen molar-refractivity contribution in [1.29, 1.82) is 0 Å². The third-order valence-electron chi connectivity index (χ3n) is 4.89. The fourth-order valence-electron chi connectivity index (χ4n) is 3.34. The number of hydrogen-bond donors (Lipinski definition) is 1. The number of aromatic nitrogens is 1. The van der Waals surface area contributed by atoms with Gasteiger partial charge in [0.05, 0.1) is 5.69 Å². The van der Waals surface area contributed by atoms with E-state index in [2.05, 4.69) is 17.4 Å². The molecule has 5 heteroatoms. The van der Waals surface area contributed by atoms with Crippen molar-refractivity contribution in [2.75, 3.05) is 5.32 Å². The van der Waals surface area contributed by atoms with Crippen LogP contribution in [0.2, 0.25) is 0 Å². The zero-order chi connectivity index (χ0) is 18.8. The van der Waals surface area contributed by atoms with E-state index in [-0.39, 0.29) is 17.6 Å². The first kappa shape index (κ1) is 17.6. The Morgan fingerprint density at radius 2 is 1.81 bits per heavy atom. The number of aryl methyl sites for hydroxylation is 1. The lowest BCUT2D eigenvalue weighted by Gasteiger charge is -2.20. The van der Waals surface area contributed by atoms with Gasteiger partial charge in [-0.05, 0) is 50.5 Å². The lowest BCUT2D eigenvalue weighted by atomic mass is 9.90. The van der Waals surface area contributed by atoms with Crippen molar-refractivity contribution in [3.05, 3.63) is 70.7 Å². The summed E-state index contributed by atoms with van der Waals surface area (Å²) in [5.41, 5.74) is 3.63. The number of thiazole rings is 1. The fraction of sp³-hybridized carbons (Fsp3) is 0.227. The number of anilines is 1. The number of nitrogens with zero attached hydrogens (tertiary/aromatic N) is 1. The summed E-state index contributed by atoms with van der Waals surface area (Å²) in [6, 6.07) is 17.2. The van der Waals surface area contributed by atoms with Crippen molar-refractivity contribution in [2.24, 2.45) is 5.92 Å². The van der Waals surface area contributed by atoms with Gasteiger partial charge in [0.25, 0.3) is 0 Å². The summed E-state index contributed by atoms with van der Waals surface area (Å²) >= 11 is 1.69. The Bertz CT molecular complexity index is 977. The van der Waals surface area contributed by atoms with Crippen molar-refractivity contribution >= 4 is 28.7 Å². The van der Waals surface area contributed by atoms with Gasteiger partial charge in [-0.3, -0.25) is 9.59 Å². The molecule has 4 rings (SSSR count). The highest BCUT2D eigenvalue weighted by Crippen LogP contribution is 2.35. The highest BCUT2D eigenvalue weighted by molar-refractivity contribution is 7.15. The number of nitrogens with one attached hydrogen (secondary N) is 1. The fourth-order valence-corrected chi connectivity index (χ4v) is 4.53. The molecule has 0 radical (unpaired) electrons. The molecule has 1 aromatic heterocycles. The summed E-state index contributed by atoms with van der Waals surface area (Å²) in [5, 5.41) is 4.01. The van der Waals surface area contributed by atoms with Gasteiger partial charge in [0.15, 0.2) is 5.78 Å². The highest BCUT2D eigenvalue weighted by Gasteiger charge is 2.27. The molecule has 3 aromatic rings. The number of carbonyl (C=O) groups excluding carboxylic acids is 2. The van der Waals surface area contributed by atoms with Gasteiger partial charge in [-0.15, -0.1) is 11.3 Å². The number of ketones is 1. The quantitative estimate of drug-likeness (QED) is 0.668. The summed E-state index contributed by atoms with van der Waals surface area (Å²) < 4.78 is 0. The number of Topliss-reactive ketones (excluding diaryl/α,β-unsaturated/α-hetero) is 1. The Balaban J connectivity index is 1.45. The van der Waals surface area contributed by atoms with Crippen molar-refractivity contribution in [3.63, 3.8) is 0 Å². The number of rotatable bonds is 4. The number of hydrogen-bond acceptors (Lipinski definition) is 4. The Kier molecular flexibility index (Phi) is 4.86. The van der Waals surface area contributed by atoms with Gasteiger partial charge in [0, 0.05) is 27.6 Å². The molecule has 2 aromatic carbocycles. The Labute approximate surface area is 162 Å². The van der Waals surface area contributed by atoms with E-state index in [1.165, 1.54) is 11.8 Å². The van der Waals surface area contributed by atoms with Gasteiger partial charge in [-0.2, -0.15) is 0 Å². The largest absolute Gasteiger partial charge is 0.326 e. The third-order valence-corrected chi connectivity index (χ3v) is 6.06. The first-order valence-corrected chi connectivity index (χ1v) is 9.87. The zero-order valence-corrected chi connectivity index (χ0v) is 15.9. The van der Waals surface area contributed by atoms with Crippen molar-refractivity contribution in [2.45, 2.75) is 26.2 Å². The molecule has 1 unspecified atom stereocenters. The lowest BCUT2D eigenvalue weighted by Crippen LogP contribution is -2.27. The molecule has 0 bridgehead atoms. The SMILES string of the molecule is CC(=O)c1ccc(NC(=O)C2CCc3nc(-c4ccccc4)sc3C2)cc1. The van der Waals surface area contributed by atoms with E-state index in [4.69, 9.17) is 4.98 Å². The Hall–Kier alpha value is -2.79. The van der Waals surface area contributed by atoms with Crippen LogP contribution in [0.3, 0.4) is 0 Å². The Morgan fingerprint density at radius 3 is 2.52 bits per heavy atom. The van der Waals surface area contributed by atoms with Crippen LogP contribution in [-0.2, 0) is 17.6 Å². The summed E-state index contributed by atoms with van der Waals surface area (Å²) in [6.07, 6.45) is 2.37. The van der Waals surface area contributed by atoms with Crippen molar-refractivity contribution in [1.82, 2.24) is 4.98 Å². The minimum absolute atomic E-state index is 0.0205. The van der Waals surface area contributed by atoms with Crippen LogP contribution >= 0.6 is 11.3 Å². The van der Waals surface area contributed by atoms with Crippen molar-refractivity contribution < 1.29 is 9.59 Å². The maximum atomic E-state index is 12.7. The number of benzene rings is 2. The average molecular weight is 376 g/mol. The molecule has 1 aliphatic rings. The number of carbonyl (C=O) groups is 2. The minimum atomic E-state index is -0.0472. The average Bonchev–Trinajstić information content (AvgIpc) is 3.12. The normalized spacial score (nSPS) is 15.8. The molecule has 0 saturated carbocycles. The number of amides is 1. The van der Waals surface area contributed by atoms with E-state index in [9.17, 15) is 9.59 Å². The van der Waals surface area contributed by atoms with Crippen LogP contribution in [-0.4, -0.2) is 16.7 Å². The van der Waals surface area contributed by atoms with Gasteiger partial charge in [-0.25, -0.2) is 4.98 Å². The minimum Gasteiger partial charge on any atom is -0.326 e. The number of fused-ring (bicyclic) bond motifs is 1. The molecular weight excluding hydrogens is 356 g/mol. The van der Waals surface area contributed by atoms with Gasteiger partial charge in [-0.1, -0.05) is 30.3 Å². The molecule has 0 fully saturated rings. The summed E-state index contributed by atoms with van der Waals surface area (Å²) in [4.78, 5) is 30.0. The highest BCUT2D eigenvalue weighted by atomic mass is 32.1. The van der Waals surface area contributed by atoms with E-state index in [1.807, 2.05) is 18.2 Å². The monoisotopic (exact) mass is 376 g/mol. The molecule has 0 aliphatic heterocycles. The second kappa shape index (κ2) is 7.45. The molecule has 0 spiro atoms. The van der Waals surface area contributed by atoms with E-state index in [0.717, 1.165) is 41.2 Å². The Morgan fingerprint density at radius 1 is 1.07 bits per heavy atom. The van der Waals surface area contributed by atoms with Gasteiger partial charge in [0.1, 0.15) is 5.01 Å². The summed E-state index contributed by atoms with van der Waals surface area (Å²) in [5.74, 6) is 0.00652. The van der Waals surface area contributed by atoms with Crippen LogP contribution in [0.5, 0.6) is 0 Å². The molecule has 1 heterocycles.